The lowest BCUT2D eigenvalue weighted by molar-refractivity contribution is -0.143. The van der Waals surface area contributed by atoms with Crippen molar-refractivity contribution in [3.63, 3.8) is 0 Å². The van der Waals surface area contributed by atoms with E-state index in [0.717, 1.165) is 24.1 Å². The van der Waals surface area contributed by atoms with Crippen LogP contribution in [0.1, 0.15) is 71.3 Å². The summed E-state index contributed by atoms with van der Waals surface area (Å²) in [6.45, 7) is 10.7. The van der Waals surface area contributed by atoms with Crippen LogP contribution in [0.5, 0.6) is 0 Å². The van der Waals surface area contributed by atoms with Crippen molar-refractivity contribution in [2.45, 2.75) is 64.2 Å². The average Bonchev–Trinajstić information content (AvgIpc) is 2.83. The summed E-state index contributed by atoms with van der Waals surface area (Å²) in [5.41, 5.74) is 3.83. The first-order valence-electron chi connectivity index (χ1n) is 12.2. The summed E-state index contributed by atoms with van der Waals surface area (Å²) >= 11 is 0. The molecule has 0 spiro atoms. The van der Waals surface area contributed by atoms with Crippen molar-refractivity contribution in [1.29, 1.82) is 0 Å². The van der Waals surface area contributed by atoms with Crippen LogP contribution < -0.4 is 5.32 Å². The summed E-state index contributed by atoms with van der Waals surface area (Å²) in [4.78, 5) is 37.5. The molecular formula is C27H36N4O3. The number of carbonyl (C=O) groups excluding carboxylic acids is 2. The molecule has 7 nitrogen and oxygen atoms in total. The number of piperidine rings is 1. The van der Waals surface area contributed by atoms with E-state index in [1.165, 1.54) is 11.1 Å². The molecule has 2 aromatic rings. The van der Waals surface area contributed by atoms with Crippen LogP contribution in [-0.2, 0) is 20.4 Å². The molecule has 2 fully saturated rings. The lowest BCUT2D eigenvalue weighted by Gasteiger charge is -2.44. The Bertz CT molecular complexity index is 1060. The molecule has 0 bridgehead atoms. The molecule has 0 atom stereocenters. The fourth-order valence-electron chi connectivity index (χ4n) is 5.41. The predicted molar refractivity (Wildman–Crippen MR) is 131 cm³/mol. The van der Waals surface area contributed by atoms with Gasteiger partial charge >= 0.3 is 0 Å². The summed E-state index contributed by atoms with van der Waals surface area (Å²) in [5.74, 6) is 0.685. The van der Waals surface area contributed by atoms with Gasteiger partial charge in [-0.1, -0.05) is 36.2 Å². The van der Waals surface area contributed by atoms with E-state index in [-0.39, 0.29) is 17.2 Å². The van der Waals surface area contributed by atoms with E-state index in [4.69, 9.17) is 4.74 Å². The van der Waals surface area contributed by atoms with Gasteiger partial charge in [0.25, 0.3) is 5.91 Å². The van der Waals surface area contributed by atoms with Crippen LogP contribution in [0, 0.1) is 20.8 Å². The predicted octanol–water partition coefficient (Wildman–Crippen LogP) is 3.39. The van der Waals surface area contributed by atoms with E-state index < -0.39 is 5.41 Å². The average molecular weight is 465 g/mol. The number of ether oxygens (including phenoxy) is 1. The molecule has 3 heterocycles. The number of aromatic nitrogens is 2. The maximum absolute atomic E-state index is 14.1. The Morgan fingerprint density at radius 2 is 1.56 bits per heavy atom. The minimum absolute atomic E-state index is 0.207. The standard InChI is InChI=1S/C27H36N4O3/c1-18-14-19(2)16-21(15-18)27(8-12-34-13-9-27)25(33)31-10-6-26(4,7-11-31)24-29-20(3)17-22(30-24)23(32)28-5/h14-17H,6-13H2,1-5H3,(H,28,32). The fraction of sp³-hybridized carbons (Fsp3) is 0.556. The van der Waals surface area contributed by atoms with Gasteiger partial charge in [0.15, 0.2) is 0 Å². The molecule has 34 heavy (non-hydrogen) atoms. The van der Waals surface area contributed by atoms with Gasteiger partial charge in [-0.3, -0.25) is 9.59 Å². The number of hydrogen-bond donors (Lipinski definition) is 1. The van der Waals surface area contributed by atoms with Gasteiger partial charge in [0.1, 0.15) is 11.5 Å². The van der Waals surface area contributed by atoms with Gasteiger partial charge in [-0.2, -0.15) is 0 Å². The van der Waals surface area contributed by atoms with Crippen molar-refractivity contribution < 1.29 is 14.3 Å². The van der Waals surface area contributed by atoms with Gasteiger partial charge < -0.3 is 15.0 Å². The zero-order valence-electron chi connectivity index (χ0n) is 21.0. The van der Waals surface area contributed by atoms with Crippen LogP contribution >= 0.6 is 0 Å². The third-order valence-electron chi connectivity index (χ3n) is 7.54. The largest absolute Gasteiger partial charge is 0.381 e. The topological polar surface area (TPSA) is 84.4 Å². The normalized spacial score (nSPS) is 19.5. The van der Waals surface area contributed by atoms with Crippen LogP contribution in [0.2, 0.25) is 0 Å². The molecule has 2 aliphatic rings. The Morgan fingerprint density at radius 3 is 2.15 bits per heavy atom. The van der Waals surface area contributed by atoms with E-state index in [1.54, 1.807) is 13.1 Å². The highest BCUT2D eigenvalue weighted by molar-refractivity contribution is 5.92. The molecule has 2 aliphatic heterocycles. The Hall–Kier alpha value is -2.80. The molecule has 0 unspecified atom stereocenters. The Morgan fingerprint density at radius 1 is 0.941 bits per heavy atom. The van der Waals surface area contributed by atoms with Gasteiger partial charge in [0.05, 0.1) is 5.41 Å². The monoisotopic (exact) mass is 464 g/mol. The highest BCUT2D eigenvalue weighted by Crippen LogP contribution is 2.40. The number of likely N-dealkylation sites (tertiary alicyclic amines) is 1. The number of rotatable bonds is 4. The molecule has 0 aliphatic carbocycles. The highest BCUT2D eigenvalue weighted by Gasteiger charge is 2.46. The van der Waals surface area contributed by atoms with Crippen LogP contribution in [0.4, 0.5) is 0 Å². The Labute approximate surface area is 202 Å². The van der Waals surface area contributed by atoms with Crippen molar-refractivity contribution >= 4 is 11.8 Å². The molecule has 2 saturated heterocycles. The third kappa shape index (κ3) is 4.58. The summed E-state index contributed by atoms with van der Waals surface area (Å²) in [7, 11) is 1.60. The Kier molecular flexibility index (Phi) is 6.76. The van der Waals surface area contributed by atoms with Crippen molar-refractivity contribution in [3.8, 4) is 0 Å². The molecular weight excluding hydrogens is 428 g/mol. The van der Waals surface area contributed by atoms with Crippen LogP contribution in [0.25, 0.3) is 0 Å². The molecule has 0 radical (unpaired) electrons. The van der Waals surface area contributed by atoms with Crippen LogP contribution in [-0.4, -0.2) is 60.0 Å². The first kappa shape index (κ1) is 24.3. The van der Waals surface area contributed by atoms with Crippen molar-refractivity contribution in [2.24, 2.45) is 0 Å². The molecule has 4 rings (SSSR count). The van der Waals surface area contributed by atoms with Gasteiger partial charge in [0, 0.05) is 44.5 Å². The van der Waals surface area contributed by atoms with E-state index in [1.807, 2.05) is 11.8 Å². The smallest absolute Gasteiger partial charge is 0.269 e. The highest BCUT2D eigenvalue weighted by atomic mass is 16.5. The summed E-state index contributed by atoms with van der Waals surface area (Å²) in [5, 5.41) is 2.64. The maximum atomic E-state index is 14.1. The van der Waals surface area contributed by atoms with E-state index in [9.17, 15) is 9.59 Å². The van der Waals surface area contributed by atoms with E-state index in [0.29, 0.717) is 50.7 Å². The van der Waals surface area contributed by atoms with Crippen molar-refractivity contribution in [1.82, 2.24) is 20.2 Å². The number of nitrogens with one attached hydrogen (secondary N) is 1. The quantitative estimate of drug-likeness (QED) is 0.750. The second-order valence-corrected chi connectivity index (χ2v) is 10.2. The molecule has 1 N–H and O–H groups in total. The number of hydrogen-bond acceptors (Lipinski definition) is 5. The lowest BCUT2D eigenvalue weighted by Crippen LogP contribution is -2.53. The van der Waals surface area contributed by atoms with Crippen molar-refractivity contribution in [2.75, 3.05) is 33.4 Å². The van der Waals surface area contributed by atoms with Gasteiger partial charge in [-0.15, -0.1) is 0 Å². The third-order valence-corrected chi connectivity index (χ3v) is 7.54. The summed E-state index contributed by atoms with van der Waals surface area (Å²) < 4.78 is 5.67. The molecule has 0 saturated carbocycles. The second-order valence-electron chi connectivity index (χ2n) is 10.2. The van der Waals surface area contributed by atoms with Gasteiger partial charge in [-0.05, 0) is 58.1 Å². The molecule has 1 aromatic heterocycles. The maximum Gasteiger partial charge on any atom is 0.269 e. The molecule has 182 valence electrons. The first-order valence-corrected chi connectivity index (χ1v) is 12.2. The number of carbonyl (C=O) groups is 2. The summed E-state index contributed by atoms with van der Waals surface area (Å²) in [6, 6.07) is 8.21. The number of aryl methyl sites for hydroxylation is 3. The van der Waals surface area contributed by atoms with Crippen molar-refractivity contribution in [3.05, 3.63) is 58.2 Å². The van der Waals surface area contributed by atoms with Gasteiger partial charge in [-0.25, -0.2) is 9.97 Å². The van der Waals surface area contributed by atoms with E-state index >= 15 is 0 Å². The number of amides is 2. The Balaban J connectivity index is 1.58. The van der Waals surface area contributed by atoms with E-state index in [2.05, 4.69) is 54.3 Å². The fourth-order valence-corrected chi connectivity index (χ4v) is 5.41. The SMILES string of the molecule is CNC(=O)c1cc(C)nc(C2(C)CCN(C(=O)C3(c4cc(C)cc(C)c4)CCOCC3)CC2)n1. The molecule has 2 amide bonds. The lowest BCUT2D eigenvalue weighted by atomic mass is 9.71. The second kappa shape index (κ2) is 9.45. The minimum Gasteiger partial charge on any atom is -0.381 e. The van der Waals surface area contributed by atoms with Crippen LogP contribution in [0.3, 0.4) is 0 Å². The molecule has 7 heteroatoms. The minimum atomic E-state index is -0.533. The zero-order valence-corrected chi connectivity index (χ0v) is 21.0. The summed E-state index contributed by atoms with van der Waals surface area (Å²) in [6.07, 6.45) is 2.93. The zero-order chi connectivity index (χ0) is 24.5. The molecule has 1 aromatic carbocycles. The number of benzene rings is 1. The van der Waals surface area contributed by atoms with Gasteiger partial charge in [0.2, 0.25) is 5.91 Å². The first-order chi connectivity index (χ1) is 16.2. The van der Waals surface area contributed by atoms with Crippen LogP contribution in [0.15, 0.2) is 24.3 Å². The number of nitrogens with zero attached hydrogens (tertiary/aromatic N) is 3.